The van der Waals surface area contributed by atoms with Crippen LogP contribution in [0.3, 0.4) is 0 Å². The first-order valence-electron chi connectivity index (χ1n) is 8.44. The van der Waals surface area contributed by atoms with Crippen LogP contribution < -0.4 is 0 Å². The van der Waals surface area contributed by atoms with Crippen LogP contribution in [0.4, 0.5) is 0 Å². The predicted molar refractivity (Wildman–Crippen MR) is 106 cm³/mol. The molecule has 0 N–H and O–H groups in total. The first-order chi connectivity index (χ1) is 12.4. The van der Waals surface area contributed by atoms with E-state index in [1.165, 1.54) is 22.9 Å². The van der Waals surface area contributed by atoms with Crippen LogP contribution in [0.15, 0.2) is 82.1 Å². The SMILES string of the molecule is Cc1ccc(S(=O)(=O)N=Cc2ccc(Cc3ccccc3C)cc2)cc1. The minimum absolute atomic E-state index is 0.204. The van der Waals surface area contributed by atoms with Crippen LogP contribution in [-0.4, -0.2) is 14.6 Å². The van der Waals surface area contributed by atoms with Crippen LogP contribution in [0.25, 0.3) is 0 Å². The molecule has 0 aliphatic rings. The van der Waals surface area contributed by atoms with Gasteiger partial charge < -0.3 is 0 Å². The molecule has 3 aromatic rings. The maximum atomic E-state index is 12.3. The molecule has 0 unspecified atom stereocenters. The fourth-order valence-corrected chi connectivity index (χ4v) is 3.51. The van der Waals surface area contributed by atoms with Crippen molar-refractivity contribution in [1.82, 2.24) is 0 Å². The summed E-state index contributed by atoms with van der Waals surface area (Å²) in [5, 5.41) is 0. The van der Waals surface area contributed by atoms with Crippen molar-refractivity contribution < 1.29 is 8.42 Å². The molecule has 132 valence electrons. The molecule has 4 heteroatoms. The lowest BCUT2D eigenvalue weighted by Gasteiger charge is -2.06. The van der Waals surface area contributed by atoms with Gasteiger partial charge in [0.15, 0.2) is 0 Å². The molecular formula is C22H21NO2S. The average molecular weight is 363 g/mol. The van der Waals surface area contributed by atoms with Crippen molar-refractivity contribution in [2.45, 2.75) is 25.2 Å². The van der Waals surface area contributed by atoms with E-state index in [1.54, 1.807) is 24.3 Å². The third kappa shape index (κ3) is 4.46. The van der Waals surface area contributed by atoms with Crippen LogP contribution in [0.1, 0.15) is 27.8 Å². The molecule has 0 saturated heterocycles. The van der Waals surface area contributed by atoms with Crippen molar-refractivity contribution >= 4 is 16.2 Å². The van der Waals surface area contributed by atoms with Crippen molar-refractivity contribution in [1.29, 1.82) is 0 Å². The zero-order valence-corrected chi connectivity index (χ0v) is 15.7. The van der Waals surface area contributed by atoms with E-state index in [4.69, 9.17) is 0 Å². The molecule has 0 aromatic heterocycles. The maximum absolute atomic E-state index is 12.3. The van der Waals surface area contributed by atoms with Gasteiger partial charge >= 0.3 is 0 Å². The molecular weight excluding hydrogens is 342 g/mol. The quantitative estimate of drug-likeness (QED) is 0.617. The highest BCUT2D eigenvalue weighted by Gasteiger charge is 2.10. The van der Waals surface area contributed by atoms with Gasteiger partial charge in [0.25, 0.3) is 10.0 Å². The summed E-state index contributed by atoms with van der Waals surface area (Å²) < 4.78 is 28.3. The van der Waals surface area contributed by atoms with Crippen LogP contribution in [0, 0.1) is 13.8 Å². The van der Waals surface area contributed by atoms with Gasteiger partial charge in [0.05, 0.1) is 4.90 Å². The van der Waals surface area contributed by atoms with Crippen LogP contribution >= 0.6 is 0 Å². The van der Waals surface area contributed by atoms with E-state index in [0.717, 1.165) is 17.5 Å². The molecule has 0 saturated carbocycles. The van der Waals surface area contributed by atoms with Gasteiger partial charge in [-0.1, -0.05) is 66.2 Å². The summed E-state index contributed by atoms with van der Waals surface area (Å²) in [6.45, 7) is 4.02. The number of aryl methyl sites for hydroxylation is 2. The number of nitrogens with zero attached hydrogens (tertiary/aromatic N) is 1. The molecule has 3 aromatic carbocycles. The summed E-state index contributed by atoms with van der Waals surface area (Å²) in [6, 6.07) is 22.8. The summed E-state index contributed by atoms with van der Waals surface area (Å²) >= 11 is 0. The number of hydrogen-bond donors (Lipinski definition) is 0. The van der Waals surface area contributed by atoms with E-state index in [0.29, 0.717) is 0 Å². The Morgan fingerprint density at radius 3 is 2.15 bits per heavy atom. The lowest BCUT2D eigenvalue weighted by molar-refractivity contribution is 0.598. The topological polar surface area (TPSA) is 46.5 Å². The van der Waals surface area contributed by atoms with Gasteiger partial charge in [-0.15, -0.1) is 0 Å². The van der Waals surface area contributed by atoms with Gasteiger partial charge in [-0.05, 0) is 54.7 Å². The first-order valence-corrected chi connectivity index (χ1v) is 9.88. The largest absolute Gasteiger partial charge is 0.282 e. The van der Waals surface area contributed by atoms with E-state index in [-0.39, 0.29) is 4.90 Å². The number of rotatable bonds is 5. The summed E-state index contributed by atoms with van der Waals surface area (Å²) in [6.07, 6.45) is 2.25. The number of hydrogen-bond acceptors (Lipinski definition) is 2. The molecule has 0 bridgehead atoms. The summed E-state index contributed by atoms with van der Waals surface area (Å²) in [4.78, 5) is 0.204. The molecule has 0 spiro atoms. The van der Waals surface area contributed by atoms with Crippen molar-refractivity contribution in [3.63, 3.8) is 0 Å². The Labute approximate surface area is 155 Å². The Morgan fingerprint density at radius 2 is 1.50 bits per heavy atom. The van der Waals surface area contributed by atoms with Crippen molar-refractivity contribution in [2.24, 2.45) is 4.40 Å². The van der Waals surface area contributed by atoms with Gasteiger partial charge in [0, 0.05) is 6.21 Å². The fraction of sp³-hybridized carbons (Fsp3) is 0.136. The van der Waals surface area contributed by atoms with Gasteiger partial charge in [0.2, 0.25) is 0 Å². The zero-order chi connectivity index (χ0) is 18.6. The average Bonchev–Trinajstić information content (AvgIpc) is 2.63. The second-order valence-corrected chi connectivity index (χ2v) is 8.00. The molecule has 0 amide bonds. The molecule has 0 aliphatic heterocycles. The fourth-order valence-electron chi connectivity index (χ4n) is 2.65. The Morgan fingerprint density at radius 1 is 0.846 bits per heavy atom. The lowest BCUT2D eigenvalue weighted by Crippen LogP contribution is -1.98. The van der Waals surface area contributed by atoms with E-state index < -0.39 is 10.0 Å². The second kappa shape index (κ2) is 7.67. The summed E-state index contributed by atoms with van der Waals surface area (Å²) in [5.74, 6) is 0. The predicted octanol–water partition coefficient (Wildman–Crippen LogP) is 4.70. The van der Waals surface area contributed by atoms with Crippen molar-refractivity contribution in [3.8, 4) is 0 Å². The monoisotopic (exact) mass is 363 g/mol. The van der Waals surface area contributed by atoms with Gasteiger partial charge in [0.1, 0.15) is 0 Å². The van der Waals surface area contributed by atoms with Crippen LogP contribution in [0.2, 0.25) is 0 Å². The normalized spacial score (nSPS) is 11.8. The molecule has 26 heavy (non-hydrogen) atoms. The van der Waals surface area contributed by atoms with Gasteiger partial charge in [-0.2, -0.15) is 12.8 Å². The van der Waals surface area contributed by atoms with Crippen molar-refractivity contribution in [2.75, 3.05) is 0 Å². The summed E-state index contributed by atoms with van der Waals surface area (Å²) in [5.41, 5.74) is 5.50. The molecule has 0 radical (unpaired) electrons. The molecule has 3 nitrogen and oxygen atoms in total. The molecule has 0 fully saturated rings. The minimum Gasteiger partial charge on any atom is -0.199 e. The Balaban J connectivity index is 1.73. The van der Waals surface area contributed by atoms with Gasteiger partial charge in [-0.3, -0.25) is 0 Å². The van der Waals surface area contributed by atoms with Crippen molar-refractivity contribution in [3.05, 3.63) is 101 Å². The Hall–Kier alpha value is -2.72. The van der Waals surface area contributed by atoms with E-state index in [9.17, 15) is 8.42 Å². The van der Waals surface area contributed by atoms with Crippen LogP contribution in [-0.2, 0) is 16.4 Å². The minimum atomic E-state index is -3.67. The molecule has 0 atom stereocenters. The third-order valence-corrected chi connectivity index (χ3v) is 5.55. The molecule has 0 heterocycles. The third-order valence-electron chi connectivity index (χ3n) is 4.29. The maximum Gasteiger partial charge on any atom is 0.282 e. The first kappa shape index (κ1) is 18.1. The smallest absolute Gasteiger partial charge is 0.199 e. The second-order valence-electron chi connectivity index (χ2n) is 6.37. The Kier molecular flexibility index (Phi) is 5.33. The highest BCUT2D eigenvalue weighted by Crippen LogP contribution is 2.15. The number of sulfonamides is 1. The van der Waals surface area contributed by atoms with Crippen LogP contribution in [0.5, 0.6) is 0 Å². The highest BCUT2D eigenvalue weighted by molar-refractivity contribution is 7.90. The van der Waals surface area contributed by atoms with E-state index in [1.807, 2.05) is 43.3 Å². The van der Waals surface area contributed by atoms with E-state index >= 15 is 0 Å². The highest BCUT2D eigenvalue weighted by atomic mass is 32.2. The van der Waals surface area contributed by atoms with E-state index in [2.05, 4.69) is 23.5 Å². The van der Waals surface area contributed by atoms with Gasteiger partial charge in [-0.25, -0.2) is 0 Å². The molecule has 0 aliphatic carbocycles. The Bertz CT molecular complexity index is 1020. The zero-order valence-electron chi connectivity index (χ0n) is 14.9. The lowest BCUT2D eigenvalue weighted by atomic mass is 10.00. The number of benzene rings is 3. The standard InChI is InChI=1S/C22H21NO2S/c1-17-7-13-22(14-8-17)26(24,25)23-16-20-11-9-19(10-12-20)15-21-6-4-3-5-18(21)2/h3-14,16H,15H2,1-2H3. The molecule has 3 rings (SSSR count). The summed E-state index contributed by atoms with van der Waals surface area (Å²) in [7, 11) is -3.67.